The molecule has 2 fully saturated rings. The van der Waals surface area contributed by atoms with Gasteiger partial charge in [0.2, 0.25) is 0 Å². The molecule has 0 atom stereocenters. The van der Waals surface area contributed by atoms with Gasteiger partial charge in [-0.3, -0.25) is 0 Å². The van der Waals surface area contributed by atoms with Crippen LogP contribution in [0.5, 0.6) is 0 Å². The monoisotopic (exact) mass is 533 g/mol. The molecule has 0 unspecified atom stereocenters. The minimum Gasteiger partial charge on any atom is -0.396 e. The van der Waals surface area contributed by atoms with E-state index >= 15 is 0 Å². The number of likely N-dealkylation sites (tertiary alicyclic amines) is 1. The van der Waals surface area contributed by atoms with Crippen LogP contribution in [0.1, 0.15) is 49.8 Å². The van der Waals surface area contributed by atoms with Gasteiger partial charge in [-0.2, -0.15) is 0 Å². The van der Waals surface area contributed by atoms with Crippen LogP contribution in [0.3, 0.4) is 0 Å². The van der Waals surface area contributed by atoms with Gasteiger partial charge in [-0.25, -0.2) is 0 Å². The Balaban J connectivity index is 0.00000180. The van der Waals surface area contributed by atoms with E-state index in [-0.39, 0.29) is 30.2 Å². The predicted molar refractivity (Wildman–Crippen MR) is 152 cm³/mol. The zero-order valence-corrected chi connectivity index (χ0v) is 23.3. The number of aliphatic hydroxyl groups excluding tert-OH is 1. The van der Waals surface area contributed by atoms with Gasteiger partial charge in [0.15, 0.2) is 5.58 Å². The maximum atomic E-state index is 9.80. The highest BCUT2D eigenvalue weighted by molar-refractivity contribution is 5.89. The number of fused-ring (bicyclic) bond motifs is 1. The number of hydrogen-bond donors (Lipinski definition) is 1. The molecule has 1 aromatic heterocycles. The minimum absolute atomic E-state index is 0. The number of aliphatic hydroxyl groups is 1. The van der Waals surface area contributed by atoms with E-state index in [0.29, 0.717) is 6.61 Å². The van der Waals surface area contributed by atoms with E-state index in [0.717, 1.165) is 36.7 Å². The summed E-state index contributed by atoms with van der Waals surface area (Å²) in [5.41, 5.74) is 5.91. The summed E-state index contributed by atoms with van der Waals surface area (Å²) in [5, 5.41) is 15.5. The standard InChI is InChI=1S/C29H39N3O2.2ClH/c1-31(2)19-26-24(23-7-4-3-5-8-23)10-11-25-27(30-34-28(25)26)12-9-22-13-17-32(18-14-22)20-29(21-33)15-6-16-29;;/h3-5,7-8,10-11,22,33H,6,9,12-21H2,1-2H3;2*1H. The van der Waals surface area contributed by atoms with Crippen LogP contribution in [0.15, 0.2) is 47.0 Å². The van der Waals surface area contributed by atoms with Crippen molar-refractivity contribution in [2.45, 2.75) is 51.5 Å². The Morgan fingerprint density at radius 2 is 1.78 bits per heavy atom. The SMILES string of the molecule is CN(C)Cc1c(-c2ccccc2)ccc2c(CCC3CCN(CC4(CO)CCC4)CC3)noc12.Cl.Cl. The molecule has 1 N–H and O–H groups in total. The third-order valence-corrected chi connectivity index (χ3v) is 8.18. The summed E-state index contributed by atoms with van der Waals surface area (Å²) < 4.78 is 5.98. The molecule has 5 nitrogen and oxygen atoms in total. The number of benzene rings is 2. The summed E-state index contributed by atoms with van der Waals surface area (Å²) in [5.74, 6) is 0.749. The molecular formula is C29H41Cl2N3O2. The zero-order valence-electron chi connectivity index (χ0n) is 21.6. The molecule has 3 aromatic rings. The van der Waals surface area contributed by atoms with Crippen molar-refractivity contribution in [1.29, 1.82) is 0 Å². The molecule has 0 radical (unpaired) electrons. The molecule has 2 heterocycles. The van der Waals surface area contributed by atoms with Gasteiger partial charge in [0.1, 0.15) is 0 Å². The van der Waals surface area contributed by atoms with Crippen molar-refractivity contribution < 1.29 is 9.63 Å². The molecule has 1 aliphatic carbocycles. The lowest BCUT2D eigenvalue weighted by Gasteiger charge is -2.45. The summed E-state index contributed by atoms with van der Waals surface area (Å²) in [6.07, 6.45) is 8.33. The Bertz CT molecular complexity index is 1090. The van der Waals surface area contributed by atoms with Gasteiger partial charge in [0, 0.05) is 36.1 Å². The van der Waals surface area contributed by atoms with Crippen molar-refractivity contribution in [2.75, 3.05) is 40.3 Å². The summed E-state index contributed by atoms with van der Waals surface area (Å²) in [4.78, 5) is 4.79. The first-order chi connectivity index (χ1) is 16.6. The lowest BCUT2D eigenvalue weighted by molar-refractivity contribution is -0.00152. The topological polar surface area (TPSA) is 52.7 Å². The van der Waals surface area contributed by atoms with Gasteiger partial charge in [-0.1, -0.05) is 48.0 Å². The van der Waals surface area contributed by atoms with Crippen molar-refractivity contribution in [3.63, 3.8) is 0 Å². The smallest absolute Gasteiger partial charge is 0.172 e. The first-order valence-corrected chi connectivity index (χ1v) is 13.0. The van der Waals surface area contributed by atoms with Crippen LogP contribution in [-0.4, -0.2) is 60.4 Å². The lowest BCUT2D eigenvalue weighted by atomic mass is 9.69. The first-order valence-electron chi connectivity index (χ1n) is 13.0. The average molecular weight is 535 g/mol. The van der Waals surface area contributed by atoms with Crippen LogP contribution in [0.4, 0.5) is 0 Å². The second kappa shape index (κ2) is 12.7. The molecular weight excluding hydrogens is 493 g/mol. The van der Waals surface area contributed by atoms with Crippen LogP contribution in [-0.2, 0) is 13.0 Å². The molecule has 2 aliphatic rings. The fourth-order valence-corrected chi connectivity index (χ4v) is 5.94. The van der Waals surface area contributed by atoms with Crippen LogP contribution in [0, 0.1) is 11.3 Å². The normalized spacial score (nSPS) is 18.0. The Morgan fingerprint density at radius 3 is 2.39 bits per heavy atom. The fraction of sp³-hybridized carbons (Fsp3) is 0.552. The lowest BCUT2D eigenvalue weighted by Crippen LogP contribution is -2.47. The van der Waals surface area contributed by atoms with E-state index in [2.05, 4.69) is 71.5 Å². The van der Waals surface area contributed by atoms with E-state index in [1.54, 1.807) is 0 Å². The fourth-order valence-electron chi connectivity index (χ4n) is 5.94. The highest BCUT2D eigenvalue weighted by Gasteiger charge is 2.38. The largest absolute Gasteiger partial charge is 0.396 e. The van der Waals surface area contributed by atoms with Crippen molar-refractivity contribution >= 4 is 35.8 Å². The molecule has 0 amide bonds. The molecule has 198 valence electrons. The van der Waals surface area contributed by atoms with E-state index in [9.17, 15) is 5.11 Å². The van der Waals surface area contributed by atoms with Gasteiger partial charge in [0.25, 0.3) is 0 Å². The van der Waals surface area contributed by atoms with Crippen molar-refractivity contribution in [3.8, 4) is 11.1 Å². The van der Waals surface area contributed by atoms with Crippen molar-refractivity contribution in [1.82, 2.24) is 15.0 Å². The quantitative estimate of drug-likeness (QED) is 0.354. The highest BCUT2D eigenvalue weighted by Crippen LogP contribution is 2.42. The molecule has 2 aromatic carbocycles. The van der Waals surface area contributed by atoms with Crippen molar-refractivity contribution in [3.05, 3.63) is 53.7 Å². The third-order valence-electron chi connectivity index (χ3n) is 8.18. The number of halogens is 2. The Labute approximate surface area is 228 Å². The van der Waals surface area contributed by atoms with Crippen LogP contribution in [0.2, 0.25) is 0 Å². The second-order valence-electron chi connectivity index (χ2n) is 11.0. The van der Waals surface area contributed by atoms with Gasteiger partial charge in [0.05, 0.1) is 5.69 Å². The summed E-state index contributed by atoms with van der Waals surface area (Å²) in [6, 6.07) is 15.0. The maximum Gasteiger partial charge on any atom is 0.172 e. The van der Waals surface area contributed by atoms with Crippen LogP contribution in [0.25, 0.3) is 22.1 Å². The Morgan fingerprint density at radius 1 is 1.06 bits per heavy atom. The molecule has 1 aliphatic heterocycles. The number of aryl methyl sites for hydroxylation is 1. The third kappa shape index (κ3) is 6.25. The molecule has 0 bridgehead atoms. The van der Waals surface area contributed by atoms with Crippen LogP contribution < -0.4 is 0 Å². The first kappa shape index (κ1) is 28.9. The average Bonchev–Trinajstić information content (AvgIpc) is 3.25. The van der Waals surface area contributed by atoms with Gasteiger partial charge >= 0.3 is 0 Å². The molecule has 36 heavy (non-hydrogen) atoms. The molecule has 5 rings (SSSR count). The highest BCUT2D eigenvalue weighted by atomic mass is 35.5. The minimum atomic E-state index is 0. The summed E-state index contributed by atoms with van der Waals surface area (Å²) in [6.45, 7) is 4.60. The van der Waals surface area contributed by atoms with Crippen molar-refractivity contribution in [2.24, 2.45) is 11.3 Å². The predicted octanol–water partition coefficient (Wildman–Crippen LogP) is 6.21. The number of aromatic nitrogens is 1. The number of piperidine rings is 1. The van der Waals surface area contributed by atoms with Gasteiger partial charge in [-0.15, -0.1) is 24.8 Å². The zero-order chi connectivity index (χ0) is 23.5. The number of nitrogens with zero attached hydrogens (tertiary/aromatic N) is 3. The molecule has 1 saturated heterocycles. The molecule has 0 spiro atoms. The second-order valence-corrected chi connectivity index (χ2v) is 11.0. The Kier molecular flexibility index (Phi) is 10.2. The van der Waals surface area contributed by atoms with E-state index in [1.807, 2.05) is 0 Å². The number of hydrogen-bond acceptors (Lipinski definition) is 5. The molecule has 1 saturated carbocycles. The molecule has 7 heteroatoms. The van der Waals surface area contributed by atoms with E-state index in [4.69, 9.17) is 4.52 Å². The summed E-state index contributed by atoms with van der Waals surface area (Å²) in [7, 11) is 4.20. The van der Waals surface area contributed by atoms with Gasteiger partial charge in [-0.05, 0) is 88.8 Å². The van der Waals surface area contributed by atoms with Gasteiger partial charge < -0.3 is 19.4 Å². The number of rotatable bonds is 9. The Hall–Kier alpha value is -1.63. The summed E-state index contributed by atoms with van der Waals surface area (Å²) >= 11 is 0. The van der Waals surface area contributed by atoms with E-state index in [1.165, 1.54) is 73.7 Å². The maximum absolute atomic E-state index is 9.80. The van der Waals surface area contributed by atoms with E-state index < -0.39 is 0 Å². The van der Waals surface area contributed by atoms with Crippen LogP contribution >= 0.6 is 24.8 Å².